The Morgan fingerprint density at radius 3 is 2.90 bits per heavy atom. The number of aryl methyl sites for hydroxylation is 1. The summed E-state index contributed by atoms with van der Waals surface area (Å²) in [5.41, 5.74) is 2.34. The average Bonchev–Trinajstić information content (AvgIpc) is 2.52. The van der Waals surface area contributed by atoms with Gasteiger partial charge in [-0.3, -0.25) is 0 Å². The van der Waals surface area contributed by atoms with Crippen molar-refractivity contribution in [3.05, 3.63) is 51.7 Å². The van der Waals surface area contributed by atoms with E-state index in [2.05, 4.69) is 21.2 Å². The lowest BCUT2D eigenvalue weighted by atomic mass is 10.0. The van der Waals surface area contributed by atoms with Crippen molar-refractivity contribution in [3.8, 4) is 17.6 Å². The number of nitriles is 1. The smallest absolute Gasteiger partial charge is 0.181 e. The van der Waals surface area contributed by atoms with Crippen LogP contribution in [0.1, 0.15) is 17.5 Å². The first-order valence-electron chi connectivity index (χ1n) is 6.62. The molecule has 5 heteroatoms. The maximum Gasteiger partial charge on any atom is 0.181 e. The number of nitrogens with zero attached hydrogens (tertiary/aromatic N) is 1. The lowest BCUT2D eigenvalue weighted by Gasteiger charge is -2.21. The Balaban J connectivity index is 1.98. The van der Waals surface area contributed by atoms with Gasteiger partial charge >= 0.3 is 0 Å². The van der Waals surface area contributed by atoms with Crippen molar-refractivity contribution in [2.24, 2.45) is 0 Å². The van der Waals surface area contributed by atoms with E-state index in [1.54, 1.807) is 0 Å². The van der Waals surface area contributed by atoms with E-state index < -0.39 is 5.82 Å². The fourth-order valence-corrected chi connectivity index (χ4v) is 2.79. The minimum absolute atomic E-state index is 0.0987. The van der Waals surface area contributed by atoms with E-state index in [1.165, 1.54) is 17.7 Å². The summed E-state index contributed by atoms with van der Waals surface area (Å²) < 4.78 is 20.1. The van der Waals surface area contributed by atoms with E-state index in [-0.39, 0.29) is 15.8 Å². The number of rotatable bonds is 2. The van der Waals surface area contributed by atoms with Gasteiger partial charge in [0.05, 0.1) is 15.7 Å². The third-order valence-electron chi connectivity index (χ3n) is 3.42. The van der Waals surface area contributed by atoms with Gasteiger partial charge in [0.2, 0.25) is 0 Å². The highest BCUT2D eigenvalue weighted by Crippen LogP contribution is 2.37. The van der Waals surface area contributed by atoms with Crippen molar-refractivity contribution in [2.75, 3.05) is 11.9 Å². The molecular formula is C16H12BrFN2O. The molecule has 0 amide bonds. The molecule has 1 heterocycles. The lowest BCUT2D eigenvalue weighted by Crippen LogP contribution is -2.12. The SMILES string of the molecule is N#Cc1ccc(Oc2cccc3c2NCCC3)c(F)c1Br. The highest BCUT2D eigenvalue weighted by molar-refractivity contribution is 9.10. The predicted octanol–water partition coefficient (Wildman–Crippen LogP) is 4.61. The molecule has 0 aliphatic carbocycles. The molecular weight excluding hydrogens is 335 g/mol. The van der Waals surface area contributed by atoms with Gasteiger partial charge in [0.15, 0.2) is 17.3 Å². The number of hydrogen-bond acceptors (Lipinski definition) is 3. The highest BCUT2D eigenvalue weighted by atomic mass is 79.9. The number of para-hydroxylation sites is 1. The maximum absolute atomic E-state index is 14.2. The third kappa shape index (κ3) is 2.59. The molecule has 0 spiro atoms. The van der Waals surface area contributed by atoms with Gasteiger partial charge in [-0.1, -0.05) is 12.1 Å². The minimum atomic E-state index is -0.567. The van der Waals surface area contributed by atoms with Crippen LogP contribution in [0.4, 0.5) is 10.1 Å². The number of anilines is 1. The van der Waals surface area contributed by atoms with Gasteiger partial charge in [0.25, 0.3) is 0 Å². The molecule has 1 aliphatic heterocycles. The molecule has 0 radical (unpaired) electrons. The van der Waals surface area contributed by atoms with Gasteiger partial charge < -0.3 is 10.1 Å². The zero-order chi connectivity index (χ0) is 14.8. The van der Waals surface area contributed by atoms with Crippen LogP contribution in [0.2, 0.25) is 0 Å². The van der Waals surface area contributed by atoms with Crippen LogP contribution < -0.4 is 10.1 Å². The second-order valence-electron chi connectivity index (χ2n) is 4.77. The van der Waals surface area contributed by atoms with E-state index in [4.69, 9.17) is 10.00 Å². The number of hydrogen-bond donors (Lipinski definition) is 1. The fraction of sp³-hybridized carbons (Fsp3) is 0.188. The summed E-state index contributed by atoms with van der Waals surface area (Å²) in [5, 5.41) is 12.2. The van der Waals surface area contributed by atoms with Crippen LogP contribution in [-0.4, -0.2) is 6.54 Å². The molecule has 0 bridgehead atoms. The Morgan fingerprint density at radius 1 is 1.24 bits per heavy atom. The van der Waals surface area contributed by atoms with E-state index >= 15 is 0 Å². The first-order valence-corrected chi connectivity index (χ1v) is 7.41. The minimum Gasteiger partial charge on any atom is -0.452 e. The van der Waals surface area contributed by atoms with Gasteiger partial charge in [0, 0.05) is 6.54 Å². The molecule has 1 aliphatic rings. The zero-order valence-corrected chi connectivity index (χ0v) is 12.7. The number of fused-ring (bicyclic) bond motifs is 1. The predicted molar refractivity (Wildman–Crippen MR) is 82.1 cm³/mol. The van der Waals surface area contributed by atoms with Crippen LogP contribution in [0.5, 0.6) is 11.5 Å². The Kier molecular flexibility index (Phi) is 3.80. The van der Waals surface area contributed by atoms with Crippen molar-refractivity contribution >= 4 is 21.6 Å². The largest absolute Gasteiger partial charge is 0.452 e. The Hall–Kier alpha value is -2.06. The van der Waals surface area contributed by atoms with E-state index in [0.717, 1.165) is 25.1 Å². The van der Waals surface area contributed by atoms with E-state index in [0.29, 0.717) is 5.75 Å². The Labute approximate surface area is 130 Å². The quantitative estimate of drug-likeness (QED) is 0.863. The van der Waals surface area contributed by atoms with Crippen LogP contribution in [0.25, 0.3) is 0 Å². The summed E-state index contributed by atoms with van der Waals surface area (Å²) >= 11 is 3.09. The molecule has 0 saturated heterocycles. The van der Waals surface area contributed by atoms with Gasteiger partial charge in [0.1, 0.15) is 6.07 Å². The van der Waals surface area contributed by atoms with Crippen LogP contribution in [0.3, 0.4) is 0 Å². The summed E-state index contributed by atoms with van der Waals surface area (Å²) in [6.07, 6.45) is 2.06. The van der Waals surface area contributed by atoms with Crippen LogP contribution in [0, 0.1) is 17.1 Å². The topological polar surface area (TPSA) is 45.0 Å². The van der Waals surface area contributed by atoms with Gasteiger partial charge in [-0.05, 0) is 52.5 Å². The molecule has 0 aromatic heterocycles. The highest BCUT2D eigenvalue weighted by Gasteiger charge is 2.17. The molecule has 0 unspecified atom stereocenters. The van der Waals surface area contributed by atoms with Crippen molar-refractivity contribution in [3.63, 3.8) is 0 Å². The normalized spacial score (nSPS) is 13.0. The van der Waals surface area contributed by atoms with Crippen molar-refractivity contribution in [1.82, 2.24) is 0 Å². The zero-order valence-electron chi connectivity index (χ0n) is 11.1. The number of nitrogens with one attached hydrogen (secondary N) is 1. The molecule has 0 fully saturated rings. The van der Waals surface area contributed by atoms with Gasteiger partial charge in [-0.25, -0.2) is 4.39 Å². The Morgan fingerprint density at radius 2 is 2.10 bits per heavy atom. The van der Waals surface area contributed by atoms with Crippen LogP contribution in [-0.2, 0) is 6.42 Å². The van der Waals surface area contributed by atoms with Crippen molar-refractivity contribution < 1.29 is 9.13 Å². The molecule has 3 rings (SSSR count). The molecule has 1 N–H and O–H groups in total. The van der Waals surface area contributed by atoms with Crippen molar-refractivity contribution in [2.45, 2.75) is 12.8 Å². The standard InChI is InChI=1S/C16H12BrFN2O/c17-14-11(9-19)6-7-12(15(14)18)21-13-5-1-3-10-4-2-8-20-16(10)13/h1,3,5-7,20H,2,4,8H2. The summed E-state index contributed by atoms with van der Waals surface area (Å²) in [5.74, 6) is 0.131. The lowest BCUT2D eigenvalue weighted by molar-refractivity contribution is 0.440. The summed E-state index contributed by atoms with van der Waals surface area (Å²) in [4.78, 5) is 0. The number of benzene rings is 2. The van der Waals surface area contributed by atoms with E-state index in [9.17, 15) is 4.39 Å². The Bertz CT molecular complexity index is 740. The fourth-order valence-electron chi connectivity index (χ4n) is 2.38. The maximum atomic E-state index is 14.2. The molecule has 2 aromatic carbocycles. The third-order valence-corrected chi connectivity index (χ3v) is 4.20. The van der Waals surface area contributed by atoms with Gasteiger partial charge in [-0.15, -0.1) is 0 Å². The molecule has 2 aromatic rings. The van der Waals surface area contributed by atoms with Crippen LogP contribution in [0.15, 0.2) is 34.8 Å². The number of ether oxygens (including phenoxy) is 1. The van der Waals surface area contributed by atoms with Crippen molar-refractivity contribution in [1.29, 1.82) is 5.26 Å². The molecule has 21 heavy (non-hydrogen) atoms. The molecule has 0 saturated carbocycles. The first-order chi connectivity index (χ1) is 10.2. The number of halogens is 2. The molecule has 106 valence electrons. The summed E-state index contributed by atoms with van der Waals surface area (Å²) in [6, 6.07) is 10.7. The first kappa shape index (κ1) is 13.9. The summed E-state index contributed by atoms with van der Waals surface area (Å²) in [7, 11) is 0. The summed E-state index contributed by atoms with van der Waals surface area (Å²) in [6.45, 7) is 0.882. The monoisotopic (exact) mass is 346 g/mol. The second-order valence-corrected chi connectivity index (χ2v) is 5.57. The van der Waals surface area contributed by atoms with Gasteiger partial charge in [-0.2, -0.15) is 5.26 Å². The average molecular weight is 347 g/mol. The van der Waals surface area contributed by atoms with Crippen LogP contribution >= 0.6 is 15.9 Å². The second kappa shape index (κ2) is 5.74. The molecule has 0 atom stereocenters. The van der Waals surface area contributed by atoms with E-state index in [1.807, 2.05) is 24.3 Å². The molecule has 3 nitrogen and oxygen atoms in total.